The van der Waals surface area contributed by atoms with Crippen LogP contribution < -0.4 is 4.90 Å². The number of rotatable bonds is 4. The van der Waals surface area contributed by atoms with E-state index in [-0.39, 0.29) is 5.91 Å². The second kappa shape index (κ2) is 7.85. The smallest absolute Gasteiger partial charge is 0.254 e. The van der Waals surface area contributed by atoms with E-state index in [1.54, 1.807) is 0 Å². The summed E-state index contributed by atoms with van der Waals surface area (Å²) in [4.78, 5) is 24.6. The van der Waals surface area contributed by atoms with Gasteiger partial charge in [-0.3, -0.25) is 4.79 Å². The lowest BCUT2D eigenvalue weighted by atomic mass is 10.1. The SMILES string of the molecule is CN(C)c1cc(C(=O)N2CC[C@@H](CN3CCCCC3)C2)c2ccccc2n1. The first-order chi connectivity index (χ1) is 13.1. The molecule has 0 unspecified atom stereocenters. The van der Waals surface area contributed by atoms with Gasteiger partial charge in [-0.25, -0.2) is 4.98 Å². The Kier molecular flexibility index (Phi) is 5.30. The summed E-state index contributed by atoms with van der Waals surface area (Å²) in [5.74, 6) is 1.59. The van der Waals surface area contributed by atoms with Crippen LogP contribution in [0.5, 0.6) is 0 Å². The molecule has 2 saturated heterocycles. The molecule has 2 aliphatic heterocycles. The molecular weight excluding hydrogens is 336 g/mol. The van der Waals surface area contributed by atoms with Crippen molar-refractivity contribution in [3.05, 3.63) is 35.9 Å². The second-order valence-electron chi connectivity index (χ2n) is 8.21. The van der Waals surface area contributed by atoms with Gasteiger partial charge in [0, 0.05) is 39.1 Å². The van der Waals surface area contributed by atoms with E-state index in [0.717, 1.165) is 48.3 Å². The molecule has 2 aromatic rings. The van der Waals surface area contributed by atoms with Gasteiger partial charge in [-0.1, -0.05) is 24.6 Å². The number of piperidine rings is 1. The molecule has 5 nitrogen and oxygen atoms in total. The highest BCUT2D eigenvalue weighted by atomic mass is 16.2. The second-order valence-corrected chi connectivity index (χ2v) is 8.21. The summed E-state index contributed by atoms with van der Waals surface area (Å²) in [7, 11) is 3.94. The first-order valence-electron chi connectivity index (χ1n) is 10.2. The van der Waals surface area contributed by atoms with E-state index in [1.807, 2.05) is 49.3 Å². The highest BCUT2D eigenvalue weighted by Crippen LogP contribution is 2.26. The number of likely N-dealkylation sites (tertiary alicyclic amines) is 2. The third-order valence-corrected chi connectivity index (χ3v) is 5.93. The van der Waals surface area contributed by atoms with E-state index < -0.39 is 0 Å². The van der Waals surface area contributed by atoms with Gasteiger partial charge in [-0.15, -0.1) is 0 Å². The molecule has 0 saturated carbocycles. The normalized spacial score (nSPS) is 21.0. The van der Waals surface area contributed by atoms with Crippen LogP contribution in [0.15, 0.2) is 30.3 Å². The van der Waals surface area contributed by atoms with E-state index in [1.165, 1.54) is 32.4 Å². The van der Waals surface area contributed by atoms with Crippen LogP contribution in [0.2, 0.25) is 0 Å². The average molecular weight is 367 g/mol. The number of aromatic nitrogens is 1. The summed E-state index contributed by atoms with van der Waals surface area (Å²) in [5, 5.41) is 0.951. The fraction of sp³-hybridized carbons (Fsp3) is 0.545. The molecule has 0 radical (unpaired) electrons. The number of para-hydroxylation sites is 1. The van der Waals surface area contributed by atoms with Gasteiger partial charge in [0.2, 0.25) is 0 Å². The number of fused-ring (bicyclic) bond motifs is 1. The van der Waals surface area contributed by atoms with Crippen LogP contribution in [0.25, 0.3) is 10.9 Å². The fourth-order valence-corrected chi connectivity index (χ4v) is 4.41. The average Bonchev–Trinajstić information content (AvgIpc) is 3.15. The maximum absolute atomic E-state index is 13.3. The number of benzene rings is 1. The monoisotopic (exact) mass is 366 g/mol. The summed E-state index contributed by atoms with van der Waals surface area (Å²) < 4.78 is 0. The lowest BCUT2D eigenvalue weighted by Gasteiger charge is -2.29. The summed E-state index contributed by atoms with van der Waals surface area (Å²) in [6, 6.07) is 9.91. The fourth-order valence-electron chi connectivity index (χ4n) is 4.41. The third kappa shape index (κ3) is 3.93. The van der Waals surface area contributed by atoms with Crippen molar-refractivity contribution in [2.45, 2.75) is 25.7 Å². The van der Waals surface area contributed by atoms with E-state index in [0.29, 0.717) is 5.92 Å². The van der Waals surface area contributed by atoms with Gasteiger partial charge in [-0.2, -0.15) is 0 Å². The molecule has 144 valence electrons. The molecule has 1 atom stereocenters. The number of carbonyl (C=O) groups is 1. The van der Waals surface area contributed by atoms with E-state index >= 15 is 0 Å². The number of nitrogens with zero attached hydrogens (tertiary/aromatic N) is 4. The van der Waals surface area contributed by atoms with Crippen LogP contribution in [0, 0.1) is 5.92 Å². The molecule has 2 aliphatic rings. The number of pyridine rings is 1. The van der Waals surface area contributed by atoms with Gasteiger partial charge >= 0.3 is 0 Å². The minimum Gasteiger partial charge on any atom is -0.363 e. The molecule has 0 bridgehead atoms. The highest BCUT2D eigenvalue weighted by Gasteiger charge is 2.29. The van der Waals surface area contributed by atoms with E-state index in [2.05, 4.69) is 14.8 Å². The van der Waals surface area contributed by atoms with Crippen molar-refractivity contribution in [2.75, 3.05) is 51.7 Å². The molecule has 4 rings (SSSR count). The predicted molar refractivity (Wildman–Crippen MR) is 110 cm³/mol. The molecule has 0 aliphatic carbocycles. The number of carbonyl (C=O) groups excluding carboxylic acids is 1. The van der Waals surface area contributed by atoms with Crippen molar-refractivity contribution in [1.82, 2.24) is 14.8 Å². The summed E-state index contributed by atoms with van der Waals surface area (Å²) in [6.45, 7) is 5.34. The lowest BCUT2D eigenvalue weighted by Crippen LogP contribution is -2.36. The van der Waals surface area contributed by atoms with Crippen LogP contribution in [-0.4, -0.2) is 67.5 Å². The first kappa shape index (κ1) is 18.2. The van der Waals surface area contributed by atoms with Crippen LogP contribution in [-0.2, 0) is 0 Å². The van der Waals surface area contributed by atoms with Crippen LogP contribution in [0.3, 0.4) is 0 Å². The van der Waals surface area contributed by atoms with Crippen LogP contribution >= 0.6 is 0 Å². The van der Waals surface area contributed by atoms with Gasteiger partial charge < -0.3 is 14.7 Å². The summed E-state index contributed by atoms with van der Waals surface area (Å²) in [6.07, 6.45) is 5.14. The van der Waals surface area contributed by atoms with Gasteiger partial charge in [0.05, 0.1) is 11.1 Å². The van der Waals surface area contributed by atoms with Crippen molar-refractivity contribution >= 4 is 22.6 Å². The Morgan fingerprint density at radius 2 is 1.93 bits per heavy atom. The minimum absolute atomic E-state index is 0.151. The molecular formula is C22H30N4O. The molecule has 3 heterocycles. The minimum atomic E-state index is 0.151. The Labute approximate surface area is 162 Å². The van der Waals surface area contributed by atoms with E-state index in [9.17, 15) is 4.79 Å². The van der Waals surface area contributed by atoms with Crippen molar-refractivity contribution in [2.24, 2.45) is 5.92 Å². The van der Waals surface area contributed by atoms with Crippen LogP contribution in [0.1, 0.15) is 36.0 Å². The molecule has 5 heteroatoms. The number of hydrogen-bond donors (Lipinski definition) is 0. The Morgan fingerprint density at radius 3 is 2.70 bits per heavy atom. The van der Waals surface area contributed by atoms with E-state index in [4.69, 9.17) is 0 Å². The van der Waals surface area contributed by atoms with Crippen molar-refractivity contribution in [3.8, 4) is 0 Å². The zero-order chi connectivity index (χ0) is 18.8. The largest absolute Gasteiger partial charge is 0.363 e. The highest BCUT2D eigenvalue weighted by molar-refractivity contribution is 6.07. The van der Waals surface area contributed by atoms with Crippen LogP contribution in [0.4, 0.5) is 5.82 Å². The molecule has 2 fully saturated rings. The first-order valence-corrected chi connectivity index (χ1v) is 10.2. The summed E-state index contributed by atoms with van der Waals surface area (Å²) >= 11 is 0. The Hall–Kier alpha value is -2.14. The maximum Gasteiger partial charge on any atom is 0.254 e. The number of amides is 1. The Balaban J connectivity index is 1.52. The van der Waals surface area contributed by atoms with Crippen molar-refractivity contribution < 1.29 is 4.79 Å². The maximum atomic E-state index is 13.3. The van der Waals surface area contributed by atoms with Gasteiger partial charge in [0.15, 0.2) is 0 Å². The quantitative estimate of drug-likeness (QED) is 0.833. The zero-order valence-electron chi connectivity index (χ0n) is 16.5. The summed E-state index contributed by atoms with van der Waals surface area (Å²) in [5.41, 5.74) is 1.67. The molecule has 1 aromatic carbocycles. The van der Waals surface area contributed by atoms with Gasteiger partial charge in [0.1, 0.15) is 5.82 Å². The molecule has 0 spiro atoms. The number of anilines is 1. The Bertz CT molecular complexity index is 813. The molecule has 1 amide bonds. The predicted octanol–water partition coefficient (Wildman–Crippen LogP) is 3.25. The topological polar surface area (TPSA) is 39.7 Å². The lowest BCUT2D eigenvalue weighted by molar-refractivity contribution is 0.0784. The molecule has 0 N–H and O–H groups in total. The zero-order valence-corrected chi connectivity index (χ0v) is 16.5. The van der Waals surface area contributed by atoms with Crippen molar-refractivity contribution in [1.29, 1.82) is 0 Å². The number of hydrogen-bond acceptors (Lipinski definition) is 4. The molecule has 1 aromatic heterocycles. The van der Waals surface area contributed by atoms with Gasteiger partial charge in [0.25, 0.3) is 5.91 Å². The molecule has 27 heavy (non-hydrogen) atoms. The van der Waals surface area contributed by atoms with Crippen molar-refractivity contribution in [3.63, 3.8) is 0 Å². The van der Waals surface area contributed by atoms with Gasteiger partial charge in [-0.05, 0) is 50.4 Å². The third-order valence-electron chi connectivity index (χ3n) is 5.93. The Morgan fingerprint density at radius 1 is 1.15 bits per heavy atom. The standard InChI is InChI=1S/C22H30N4O/c1-24(2)21-14-19(18-8-4-5-9-20(18)23-21)22(27)26-13-10-17(16-26)15-25-11-6-3-7-12-25/h4-5,8-9,14,17H,3,6-7,10-13,15-16H2,1-2H3/t17-/m0/s1.